The van der Waals surface area contributed by atoms with Crippen molar-refractivity contribution in [1.82, 2.24) is 10.2 Å². The highest BCUT2D eigenvalue weighted by atomic mass is 15.2. The van der Waals surface area contributed by atoms with Crippen LogP contribution in [0.1, 0.15) is 65.2 Å². The molecule has 1 N–H and O–H groups in total. The molecule has 0 bridgehead atoms. The summed E-state index contributed by atoms with van der Waals surface area (Å²) in [7, 11) is 0. The van der Waals surface area contributed by atoms with Crippen molar-refractivity contribution in [2.45, 2.75) is 77.3 Å². The van der Waals surface area contributed by atoms with Crippen LogP contribution in [0.3, 0.4) is 0 Å². The molecule has 1 aliphatic heterocycles. The van der Waals surface area contributed by atoms with Gasteiger partial charge in [-0.3, -0.25) is 4.90 Å². The number of nitrogens with zero attached hydrogens (tertiary/aromatic N) is 1. The first kappa shape index (κ1) is 14.3. The summed E-state index contributed by atoms with van der Waals surface area (Å²) in [5.74, 6) is 1.02. The molecule has 1 heterocycles. The molecule has 2 aliphatic rings. The highest BCUT2D eigenvalue weighted by Crippen LogP contribution is 2.36. The number of rotatable bonds is 7. The Hall–Kier alpha value is -0.0800. The van der Waals surface area contributed by atoms with Crippen molar-refractivity contribution in [3.8, 4) is 0 Å². The van der Waals surface area contributed by atoms with Crippen LogP contribution in [-0.4, -0.2) is 36.6 Å². The largest absolute Gasteiger partial charge is 0.315 e. The fourth-order valence-corrected chi connectivity index (χ4v) is 4.06. The molecule has 1 saturated heterocycles. The molecule has 0 spiro atoms. The van der Waals surface area contributed by atoms with Gasteiger partial charge in [0.2, 0.25) is 0 Å². The van der Waals surface area contributed by atoms with E-state index in [1.54, 1.807) is 0 Å². The van der Waals surface area contributed by atoms with Crippen LogP contribution in [0.4, 0.5) is 0 Å². The topological polar surface area (TPSA) is 15.3 Å². The first-order valence-corrected chi connectivity index (χ1v) is 8.33. The van der Waals surface area contributed by atoms with Crippen molar-refractivity contribution in [2.24, 2.45) is 5.92 Å². The summed E-state index contributed by atoms with van der Waals surface area (Å²) >= 11 is 0. The van der Waals surface area contributed by atoms with Crippen molar-refractivity contribution < 1.29 is 0 Å². The molecule has 2 nitrogen and oxygen atoms in total. The Morgan fingerprint density at radius 2 is 1.89 bits per heavy atom. The first-order chi connectivity index (χ1) is 8.86. The van der Waals surface area contributed by atoms with Crippen LogP contribution in [0.5, 0.6) is 0 Å². The second-order valence-corrected chi connectivity index (χ2v) is 6.26. The van der Waals surface area contributed by atoms with Gasteiger partial charge in [0.05, 0.1) is 0 Å². The van der Waals surface area contributed by atoms with Crippen LogP contribution in [0, 0.1) is 5.92 Å². The quantitative estimate of drug-likeness (QED) is 0.698. The summed E-state index contributed by atoms with van der Waals surface area (Å²) in [4.78, 5) is 2.86. The second kappa shape index (κ2) is 7.49. The lowest BCUT2D eigenvalue weighted by Gasteiger charge is -2.36. The molecular weight excluding hydrogens is 220 g/mol. The van der Waals surface area contributed by atoms with Crippen molar-refractivity contribution in [3.05, 3.63) is 0 Å². The van der Waals surface area contributed by atoms with E-state index in [-0.39, 0.29) is 0 Å². The summed E-state index contributed by atoms with van der Waals surface area (Å²) in [6.07, 6.45) is 11.4. The Morgan fingerprint density at radius 1 is 1.11 bits per heavy atom. The number of hydrogen-bond acceptors (Lipinski definition) is 2. The highest BCUT2D eigenvalue weighted by molar-refractivity contribution is 4.91. The molecule has 0 aromatic heterocycles. The fraction of sp³-hybridized carbons (Fsp3) is 1.00. The monoisotopic (exact) mass is 252 g/mol. The second-order valence-electron chi connectivity index (χ2n) is 6.26. The van der Waals surface area contributed by atoms with E-state index in [0.29, 0.717) is 0 Å². The van der Waals surface area contributed by atoms with Gasteiger partial charge in [-0.2, -0.15) is 0 Å². The first-order valence-electron chi connectivity index (χ1n) is 8.33. The maximum Gasteiger partial charge on any atom is 0.0221 e. The zero-order chi connectivity index (χ0) is 12.8. The fourth-order valence-electron chi connectivity index (χ4n) is 4.06. The van der Waals surface area contributed by atoms with Crippen LogP contribution in [0.25, 0.3) is 0 Å². The molecule has 2 fully saturated rings. The lowest BCUT2D eigenvalue weighted by Crippen LogP contribution is -2.46. The Bertz CT molecular complexity index is 223. The predicted octanol–water partition coefficient (Wildman–Crippen LogP) is 3.42. The Labute approximate surface area is 114 Å². The van der Waals surface area contributed by atoms with E-state index in [0.717, 1.165) is 18.0 Å². The standard InChI is InChI=1S/C16H32N2/c1-3-11-17-13-15(4-2)18-12-7-10-16(18)14-8-5-6-9-14/h14-17H,3-13H2,1-2H3. The van der Waals surface area contributed by atoms with Gasteiger partial charge in [-0.05, 0) is 57.5 Å². The molecule has 0 aromatic carbocycles. The molecule has 106 valence electrons. The van der Waals surface area contributed by atoms with E-state index in [2.05, 4.69) is 24.1 Å². The summed E-state index contributed by atoms with van der Waals surface area (Å²) in [6, 6.07) is 1.70. The smallest absolute Gasteiger partial charge is 0.0221 e. The Morgan fingerprint density at radius 3 is 2.56 bits per heavy atom. The summed E-state index contributed by atoms with van der Waals surface area (Å²) in [5, 5.41) is 3.63. The third kappa shape index (κ3) is 3.48. The van der Waals surface area contributed by atoms with E-state index >= 15 is 0 Å². The summed E-state index contributed by atoms with van der Waals surface area (Å²) in [5.41, 5.74) is 0. The van der Waals surface area contributed by atoms with Crippen molar-refractivity contribution in [2.75, 3.05) is 19.6 Å². The van der Waals surface area contributed by atoms with Gasteiger partial charge in [0.15, 0.2) is 0 Å². The third-order valence-corrected chi connectivity index (χ3v) is 5.03. The van der Waals surface area contributed by atoms with Crippen LogP contribution in [-0.2, 0) is 0 Å². The normalized spacial score (nSPS) is 28.0. The molecule has 2 atom stereocenters. The molecule has 2 unspecified atom stereocenters. The van der Waals surface area contributed by atoms with Crippen LogP contribution in [0.2, 0.25) is 0 Å². The van der Waals surface area contributed by atoms with Crippen molar-refractivity contribution >= 4 is 0 Å². The number of hydrogen-bond donors (Lipinski definition) is 1. The zero-order valence-corrected chi connectivity index (χ0v) is 12.5. The number of nitrogens with one attached hydrogen (secondary N) is 1. The average molecular weight is 252 g/mol. The maximum absolute atomic E-state index is 3.63. The van der Waals surface area contributed by atoms with Crippen LogP contribution < -0.4 is 5.32 Å². The summed E-state index contributed by atoms with van der Waals surface area (Å²) in [6.45, 7) is 8.35. The van der Waals surface area contributed by atoms with Gasteiger partial charge < -0.3 is 5.32 Å². The van der Waals surface area contributed by atoms with Gasteiger partial charge in [-0.25, -0.2) is 0 Å². The Balaban J connectivity index is 1.86. The number of likely N-dealkylation sites (tertiary alicyclic amines) is 1. The van der Waals surface area contributed by atoms with Crippen molar-refractivity contribution in [3.63, 3.8) is 0 Å². The maximum atomic E-state index is 3.63. The van der Waals surface area contributed by atoms with E-state index in [9.17, 15) is 0 Å². The van der Waals surface area contributed by atoms with Gasteiger partial charge in [0.1, 0.15) is 0 Å². The molecule has 1 aliphatic carbocycles. The molecule has 2 rings (SSSR count). The molecular formula is C16H32N2. The van der Waals surface area contributed by atoms with Crippen molar-refractivity contribution in [1.29, 1.82) is 0 Å². The third-order valence-electron chi connectivity index (χ3n) is 5.03. The summed E-state index contributed by atoms with van der Waals surface area (Å²) < 4.78 is 0. The van der Waals surface area contributed by atoms with E-state index < -0.39 is 0 Å². The molecule has 1 saturated carbocycles. The molecule has 0 amide bonds. The van der Waals surface area contributed by atoms with E-state index in [4.69, 9.17) is 0 Å². The highest BCUT2D eigenvalue weighted by Gasteiger charge is 2.35. The van der Waals surface area contributed by atoms with Crippen LogP contribution in [0.15, 0.2) is 0 Å². The van der Waals surface area contributed by atoms with Crippen LogP contribution >= 0.6 is 0 Å². The zero-order valence-electron chi connectivity index (χ0n) is 12.5. The Kier molecular flexibility index (Phi) is 5.97. The lowest BCUT2D eigenvalue weighted by molar-refractivity contribution is 0.129. The van der Waals surface area contributed by atoms with E-state index in [1.807, 2.05) is 0 Å². The minimum absolute atomic E-state index is 0.782. The molecule has 0 aromatic rings. The van der Waals surface area contributed by atoms with Gasteiger partial charge in [0.25, 0.3) is 0 Å². The molecule has 2 heteroatoms. The van der Waals surface area contributed by atoms with Gasteiger partial charge in [-0.1, -0.05) is 26.7 Å². The lowest BCUT2D eigenvalue weighted by atomic mass is 9.95. The van der Waals surface area contributed by atoms with Gasteiger partial charge in [-0.15, -0.1) is 0 Å². The van der Waals surface area contributed by atoms with Gasteiger partial charge >= 0.3 is 0 Å². The minimum atomic E-state index is 0.782. The van der Waals surface area contributed by atoms with Gasteiger partial charge in [0, 0.05) is 18.6 Å². The SMILES string of the molecule is CCCNCC(CC)N1CCCC1C1CCCC1. The van der Waals surface area contributed by atoms with E-state index in [1.165, 1.54) is 71.0 Å². The molecule has 0 radical (unpaired) electrons. The average Bonchev–Trinajstić information content (AvgIpc) is 3.04. The minimum Gasteiger partial charge on any atom is -0.315 e. The molecule has 18 heavy (non-hydrogen) atoms. The predicted molar refractivity (Wildman–Crippen MR) is 78.9 cm³/mol.